The lowest BCUT2D eigenvalue weighted by Gasteiger charge is -2.38. The number of aliphatic hydroxyl groups is 1. The SMILES string of the molecule is CC(C)(O)C(C)(C)NCc1ccsc1. The average molecular weight is 213 g/mol. The second-order valence-corrected chi connectivity index (χ2v) is 5.45. The van der Waals surface area contributed by atoms with Gasteiger partial charge in [-0.15, -0.1) is 0 Å². The summed E-state index contributed by atoms with van der Waals surface area (Å²) in [5, 5.41) is 17.5. The van der Waals surface area contributed by atoms with Crippen molar-refractivity contribution in [3.8, 4) is 0 Å². The quantitative estimate of drug-likeness (QED) is 0.805. The fourth-order valence-electron chi connectivity index (χ4n) is 0.933. The molecule has 2 nitrogen and oxygen atoms in total. The van der Waals surface area contributed by atoms with E-state index in [-0.39, 0.29) is 5.54 Å². The van der Waals surface area contributed by atoms with E-state index in [0.717, 1.165) is 6.54 Å². The summed E-state index contributed by atoms with van der Waals surface area (Å²) in [6, 6.07) is 2.10. The van der Waals surface area contributed by atoms with Crippen LogP contribution in [0.25, 0.3) is 0 Å². The summed E-state index contributed by atoms with van der Waals surface area (Å²) < 4.78 is 0. The molecule has 1 heterocycles. The molecule has 80 valence electrons. The summed E-state index contributed by atoms with van der Waals surface area (Å²) in [7, 11) is 0. The Bertz CT molecular complexity index is 272. The molecule has 0 atom stereocenters. The minimum Gasteiger partial charge on any atom is -0.389 e. The van der Waals surface area contributed by atoms with Gasteiger partial charge in [-0.25, -0.2) is 0 Å². The van der Waals surface area contributed by atoms with Crippen molar-refractivity contribution in [2.24, 2.45) is 0 Å². The van der Waals surface area contributed by atoms with E-state index in [0.29, 0.717) is 0 Å². The van der Waals surface area contributed by atoms with E-state index in [2.05, 4.69) is 22.1 Å². The van der Waals surface area contributed by atoms with Crippen LogP contribution in [0.1, 0.15) is 33.3 Å². The Labute approximate surface area is 90.0 Å². The molecule has 1 aromatic heterocycles. The molecule has 1 aromatic rings. The smallest absolute Gasteiger partial charge is 0.0767 e. The Morgan fingerprint density at radius 2 is 2.00 bits per heavy atom. The Morgan fingerprint density at radius 1 is 1.36 bits per heavy atom. The lowest BCUT2D eigenvalue weighted by molar-refractivity contribution is -0.00530. The third-order valence-electron chi connectivity index (χ3n) is 2.84. The number of hydrogen-bond acceptors (Lipinski definition) is 3. The third-order valence-corrected chi connectivity index (χ3v) is 3.58. The van der Waals surface area contributed by atoms with Crippen molar-refractivity contribution in [1.82, 2.24) is 5.32 Å². The predicted molar refractivity (Wildman–Crippen MR) is 61.5 cm³/mol. The van der Waals surface area contributed by atoms with E-state index in [1.807, 2.05) is 27.7 Å². The lowest BCUT2D eigenvalue weighted by Crippen LogP contribution is -2.55. The largest absolute Gasteiger partial charge is 0.389 e. The number of thiophene rings is 1. The number of nitrogens with one attached hydrogen (secondary N) is 1. The summed E-state index contributed by atoms with van der Waals surface area (Å²) in [6.07, 6.45) is 0. The second-order valence-electron chi connectivity index (χ2n) is 4.67. The molecule has 0 amide bonds. The third kappa shape index (κ3) is 2.80. The molecule has 0 aliphatic rings. The first-order chi connectivity index (χ1) is 6.33. The zero-order valence-electron chi connectivity index (χ0n) is 9.29. The van der Waals surface area contributed by atoms with Crippen molar-refractivity contribution < 1.29 is 5.11 Å². The molecule has 2 N–H and O–H groups in total. The summed E-state index contributed by atoms with van der Waals surface area (Å²) >= 11 is 1.70. The Hall–Kier alpha value is -0.380. The maximum atomic E-state index is 9.91. The van der Waals surface area contributed by atoms with Crippen LogP contribution in [-0.2, 0) is 6.54 Å². The van der Waals surface area contributed by atoms with Crippen molar-refractivity contribution in [1.29, 1.82) is 0 Å². The summed E-state index contributed by atoms with van der Waals surface area (Å²) in [4.78, 5) is 0. The molecule has 0 spiro atoms. The molecule has 0 aliphatic carbocycles. The molecule has 3 heteroatoms. The first-order valence-electron chi connectivity index (χ1n) is 4.81. The van der Waals surface area contributed by atoms with Crippen LogP contribution in [0.3, 0.4) is 0 Å². The number of rotatable bonds is 4. The van der Waals surface area contributed by atoms with Crippen molar-refractivity contribution in [3.05, 3.63) is 22.4 Å². The summed E-state index contributed by atoms with van der Waals surface area (Å²) in [5.74, 6) is 0. The predicted octanol–water partition coefficient (Wildman–Crippen LogP) is 2.39. The van der Waals surface area contributed by atoms with Crippen LogP contribution in [0, 0.1) is 0 Å². The van der Waals surface area contributed by atoms with Gasteiger partial charge in [0, 0.05) is 12.1 Å². The molecular formula is C11H19NOS. The average Bonchev–Trinajstić information content (AvgIpc) is 2.50. The van der Waals surface area contributed by atoms with Gasteiger partial charge in [0.1, 0.15) is 0 Å². The highest BCUT2D eigenvalue weighted by atomic mass is 32.1. The zero-order valence-corrected chi connectivity index (χ0v) is 10.1. The Morgan fingerprint density at radius 3 is 2.43 bits per heavy atom. The van der Waals surface area contributed by atoms with Gasteiger partial charge in [0.2, 0.25) is 0 Å². The minimum atomic E-state index is -0.719. The molecule has 0 aliphatic heterocycles. The molecule has 0 bridgehead atoms. The topological polar surface area (TPSA) is 32.3 Å². The second kappa shape index (κ2) is 4.01. The van der Waals surface area contributed by atoms with Crippen LogP contribution < -0.4 is 5.32 Å². The number of hydrogen-bond donors (Lipinski definition) is 2. The lowest BCUT2D eigenvalue weighted by atomic mass is 9.86. The maximum Gasteiger partial charge on any atom is 0.0767 e. The molecule has 0 aromatic carbocycles. The van der Waals surface area contributed by atoms with E-state index < -0.39 is 5.60 Å². The first kappa shape index (κ1) is 11.7. The van der Waals surface area contributed by atoms with Crippen molar-refractivity contribution in [2.75, 3.05) is 0 Å². The van der Waals surface area contributed by atoms with Gasteiger partial charge in [-0.2, -0.15) is 11.3 Å². The van der Waals surface area contributed by atoms with Crippen molar-refractivity contribution in [3.63, 3.8) is 0 Å². The fourth-order valence-corrected chi connectivity index (χ4v) is 1.60. The molecule has 1 rings (SSSR count). The Balaban J connectivity index is 2.53. The van der Waals surface area contributed by atoms with Gasteiger partial charge in [-0.3, -0.25) is 0 Å². The van der Waals surface area contributed by atoms with Gasteiger partial charge in [-0.05, 0) is 50.1 Å². The standard InChI is InChI=1S/C11H19NOS/c1-10(2,11(3,4)13)12-7-9-5-6-14-8-9/h5-6,8,12-13H,7H2,1-4H3. The van der Waals surface area contributed by atoms with Crippen LogP contribution in [0.2, 0.25) is 0 Å². The van der Waals surface area contributed by atoms with E-state index in [9.17, 15) is 5.11 Å². The van der Waals surface area contributed by atoms with Crippen LogP contribution >= 0.6 is 11.3 Å². The molecule has 0 fully saturated rings. The molecule has 0 unspecified atom stereocenters. The van der Waals surface area contributed by atoms with Crippen LogP contribution in [0.4, 0.5) is 0 Å². The van der Waals surface area contributed by atoms with E-state index in [1.54, 1.807) is 11.3 Å². The maximum absolute atomic E-state index is 9.91. The molecular weight excluding hydrogens is 194 g/mol. The van der Waals surface area contributed by atoms with E-state index in [4.69, 9.17) is 0 Å². The van der Waals surface area contributed by atoms with Gasteiger partial charge >= 0.3 is 0 Å². The van der Waals surface area contributed by atoms with Gasteiger partial charge in [0.25, 0.3) is 0 Å². The van der Waals surface area contributed by atoms with Crippen LogP contribution in [-0.4, -0.2) is 16.2 Å². The highest BCUT2D eigenvalue weighted by molar-refractivity contribution is 7.07. The Kier molecular flexibility index (Phi) is 3.35. The monoisotopic (exact) mass is 213 g/mol. The van der Waals surface area contributed by atoms with Crippen molar-refractivity contribution >= 4 is 11.3 Å². The van der Waals surface area contributed by atoms with Gasteiger partial charge in [0.05, 0.1) is 5.60 Å². The highest BCUT2D eigenvalue weighted by Gasteiger charge is 2.34. The highest BCUT2D eigenvalue weighted by Crippen LogP contribution is 2.21. The van der Waals surface area contributed by atoms with Gasteiger partial charge in [0.15, 0.2) is 0 Å². The molecule has 14 heavy (non-hydrogen) atoms. The normalized spacial score (nSPS) is 13.2. The molecule has 0 saturated carbocycles. The van der Waals surface area contributed by atoms with Crippen LogP contribution in [0.5, 0.6) is 0 Å². The summed E-state index contributed by atoms with van der Waals surface area (Å²) in [5.41, 5.74) is 0.269. The van der Waals surface area contributed by atoms with E-state index in [1.165, 1.54) is 5.56 Å². The van der Waals surface area contributed by atoms with Crippen LogP contribution in [0.15, 0.2) is 16.8 Å². The minimum absolute atomic E-state index is 0.283. The van der Waals surface area contributed by atoms with Gasteiger partial charge < -0.3 is 10.4 Å². The van der Waals surface area contributed by atoms with Crippen molar-refractivity contribution in [2.45, 2.75) is 45.4 Å². The molecule has 0 saturated heterocycles. The fraction of sp³-hybridized carbons (Fsp3) is 0.636. The van der Waals surface area contributed by atoms with Gasteiger partial charge in [-0.1, -0.05) is 0 Å². The van der Waals surface area contributed by atoms with E-state index >= 15 is 0 Å². The zero-order chi connectivity index (χ0) is 10.8. The molecule has 0 radical (unpaired) electrons. The summed E-state index contributed by atoms with van der Waals surface area (Å²) in [6.45, 7) is 8.49. The first-order valence-corrected chi connectivity index (χ1v) is 5.76.